The topological polar surface area (TPSA) is 68.0 Å². The molecule has 1 aliphatic rings. The molecule has 3 aromatic rings. The van der Waals surface area contributed by atoms with E-state index in [4.69, 9.17) is 4.42 Å². The van der Waals surface area contributed by atoms with E-state index in [0.29, 0.717) is 17.7 Å². The number of hydrogen-bond donors (Lipinski definition) is 1. The average Bonchev–Trinajstić information content (AvgIpc) is 3.31. The molecule has 0 bridgehead atoms. The number of benzene rings is 2. The van der Waals surface area contributed by atoms with E-state index in [9.17, 15) is 4.79 Å². The van der Waals surface area contributed by atoms with Gasteiger partial charge in [-0.3, -0.25) is 4.79 Å². The zero-order chi connectivity index (χ0) is 16.4. The molecule has 1 aliphatic carbocycles. The molecule has 2 atom stereocenters. The highest BCUT2D eigenvalue weighted by Gasteiger charge is 2.43. The fraction of sp³-hybridized carbons (Fsp3) is 0.211. The van der Waals surface area contributed by atoms with E-state index in [-0.39, 0.29) is 18.4 Å². The summed E-state index contributed by atoms with van der Waals surface area (Å²) in [5.74, 6) is 1.30. The van der Waals surface area contributed by atoms with Crippen LogP contribution in [0, 0.1) is 5.92 Å². The number of hydrogen-bond acceptors (Lipinski definition) is 4. The Balaban J connectivity index is 1.33. The lowest BCUT2D eigenvalue weighted by atomic mass is 10.1. The van der Waals surface area contributed by atoms with E-state index >= 15 is 0 Å². The predicted molar refractivity (Wildman–Crippen MR) is 88.9 cm³/mol. The molecule has 1 N–H and O–H groups in total. The van der Waals surface area contributed by atoms with Crippen molar-refractivity contribution in [3.8, 4) is 11.5 Å². The van der Waals surface area contributed by atoms with Gasteiger partial charge in [0.15, 0.2) is 0 Å². The summed E-state index contributed by atoms with van der Waals surface area (Å²) in [5, 5.41) is 10.9. The van der Waals surface area contributed by atoms with Gasteiger partial charge in [0.25, 0.3) is 0 Å². The van der Waals surface area contributed by atoms with Crippen molar-refractivity contribution in [1.82, 2.24) is 15.5 Å². The third-order valence-corrected chi connectivity index (χ3v) is 4.26. The lowest BCUT2D eigenvalue weighted by Crippen LogP contribution is -2.25. The Hall–Kier alpha value is -2.95. The molecule has 1 heterocycles. The summed E-state index contributed by atoms with van der Waals surface area (Å²) in [4.78, 5) is 12.2. The molecule has 2 unspecified atom stereocenters. The minimum absolute atomic E-state index is 0.0447. The van der Waals surface area contributed by atoms with Gasteiger partial charge in [0.2, 0.25) is 17.7 Å². The zero-order valence-corrected chi connectivity index (χ0v) is 13.1. The second kappa shape index (κ2) is 6.28. The molecule has 1 amide bonds. The Morgan fingerprint density at radius 1 is 1.04 bits per heavy atom. The van der Waals surface area contributed by atoms with Crippen molar-refractivity contribution in [2.24, 2.45) is 5.92 Å². The number of carbonyl (C=O) groups excluding carboxylic acids is 1. The van der Waals surface area contributed by atoms with Gasteiger partial charge in [0.05, 0.1) is 6.54 Å². The van der Waals surface area contributed by atoms with Gasteiger partial charge < -0.3 is 9.73 Å². The first-order valence-corrected chi connectivity index (χ1v) is 8.02. The quantitative estimate of drug-likeness (QED) is 0.784. The maximum absolute atomic E-state index is 12.2. The van der Waals surface area contributed by atoms with Crippen molar-refractivity contribution in [3.63, 3.8) is 0 Å². The highest BCUT2D eigenvalue weighted by molar-refractivity contribution is 5.82. The molecule has 1 aromatic heterocycles. The smallest absolute Gasteiger partial charge is 0.247 e. The molecular formula is C19H17N3O2. The first kappa shape index (κ1) is 14.6. The first-order valence-electron chi connectivity index (χ1n) is 8.02. The van der Waals surface area contributed by atoms with Crippen molar-refractivity contribution in [1.29, 1.82) is 0 Å². The Bertz CT molecular complexity index is 830. The number of rotatable bonds is 5. The summed E-state index contributed by atoms with van der Waals surface area (Å²) in [5.41, 5.74) is 2.09. The molecule has 1 fully saturated rings. The van der Waals surface area contributed by atoms with Crippen molar-refractivity contribution in [3.05, 3.63) is 72.1 Å². The molecule has 0 radical (unpaired) electrons. The third kappa shape index (κ3) is 3.06. The Kier molecular flexibility index (Phi) is 3.83. The minimum atomic E-state index is 0.0447. The molecule has 4 rings (SSSR count). The summed E-state index contributed by atoms with van der Waals surface area (Å²) < 4.78 is 5.59. The van der Waals surface area contributed by atoms with Gasteiger partial charge >= 0.3 is 0 Å². The molecule has 0 aliphatic heterocycles. The van der Waals surface area contributed by atoms with Crippen molar-refractivity contribution >= 4 is 5.91 Å². The molecule has 120 valence electrons. The van der Waals surface area contributed by atoms with Crippen molar-refractivity contribution in [2.45, 2.75) is 18.9 Å². The summed E-state index contributed by atoms with van der Waals surface area (Å²) >= 11 is 0. The molecule has 0 saturated heterocycles. The van der Waals surface area contributed by atoms with Crippen LogP contribution in [0.4, 0.5) is 0 Å². The van der Waals surface area contributed by atoms with Gasteiger partial charge in [-0.2, -0.15) is 0 Å². The van der Waals surface area contributed by atoms with Crippen LogP contribution < -0.4 is 5.32 Å². The number of amides is 1. The largest absolute Gasteiger partial charge is 0.419 e. The monoisotopic (exact) mass is 319 g/mol. The maximum atomic E-state index is 12.2. The van der Waals surface area contributed by atoms with Crippen LogP contribution in [-0.4, -0.2) is 16.1 Å². The van der Waals surface area contributed by atoms with Gasteiger partial charge in [-0.15, -0.1) is 10.2 Å². The maximum Gasteiger partial charge on any atom is 0.247 e. The minimum Gasteiger partial charge on any atom is -0.419 e. The van der Waals surface area contributed by atoms with Gasteiger partial charge in [0, 0.05) is 11.5 Å². The van der Waals surface area contributed by atoms with Crippen molar-refractivity contribution < 1.29 is 9.21 Å². The molecule has 2 aromatic carbocycles. The Morgan fingerprint density at radius 3 is 2.50 bits per heavy atom. The summed E-state index contributed by atoms with van der Waals surface area (Å²) in [7, 11) is 0. The van der Waals surface area contributed by atoms with Crippen LogP contribution in [0.5, 0.6) is 0 Å². The SMILES string of the molecule is O=C(NCc1nnc(-c2ccccc2)o1)C1CC1c1ccccc1. The number of nitrogens with zero attached hydrogens (tertiary/aromatic N) is 2. The summed E-state index contributed by atoms with van der Waals surface area (Å²) in [6, 6.07) is 19.7. The summed E-state index contributed by atoms with van der Waals surface area (Å²) in [6.07, 6.45) is 0.898. The van der Waals surface area contributed by atoms with Gasteiger partial charge in [-0.05, 0) is 30.0 Å². The van der Waals surface area contributed by atoms with E-state index in [1.807, 2.05) is 48.5 Å². The van der Waals surface area contributed by atoms with Crippen LogP contribution in [0.2, 0.25) is 0 Å². The second-order valence-corrected chi connectivity index (χ2v) is 5.94. The first-order chi connectivity index (χ1) is 11.8. The molecule has 24 heavy (non-hydrogen) atoms. The van der Waals surface area contributed by atoms with Crippen LogP contribution in [0.3, 0.4) is 0 Å². The Morgan fingerprint density at radius 2 is 1.75 bits per heavy atom. The molecule has 1 saturated carbocycles. The second-order valence-electron chi connectivity index (χ2n) is 5.94. The fourth-order valence-electron chi connectivity index (χ4n) is 2.87. The lowest BCUT2D eigenvalue weighted by molar-refractivity contribution is -0.122. The predicted octanol–water partition coefficient (Wildman–Crippen LogP) is 3.16. The van der Waals surface area contributed by atoms with E-state index < -0.39 is 0 Å². The van der Waals surface area contributed by atoms with Crippen molar-refractivity contribution in [2.75, 3.05) is 0 Å². The van der Waals surface area contributed by atoms with Crippen LogP contribution >= 0.6 is 0 Å². The molecular weight excluding hydrogens is 302 g/mol. The number of nitrogens with one attached hydrogen (secondary N) is 1. The van der Waals surface area contributed by atoms with Gasteiger partial charge in [-0.1, -0.05) is 48.5 Å². The highest BCUT2D eigenvalue weighted by atomic mass is 16.4. The van der Waals surface area contributed by atoms with Gasteiger partial charge in [0.1, 0.15) is 0 Å². The average molecular weight is 319 g/mol. The molecule has 5 heteroatoms. The lowest BCUT2D eigenvalue weighted by Gasteiger charge is -2.02. The number of carbonyl (C=O) groups is 1. The van der Waals surface area contributed by atoms with Crippen LogP contribution in [0.15, 0.2) is 65.1 Å². The van der Waals surface area contributed by atoms with Crippen LogP contribution in [-0.2, 0) is 11.3 Å². The number of aromatic nitrogens is 2. The normalized spacial score (nSPS) is 19.0. The fourth-order valence-corrected chi connectivity index (χ4v) is 2.87. The zero-order valence-electron chi connectivity index (χ0n) is 13.1. The van der Waals surface area contributed by atoms with Gasteiger partial charge in [-0.25, -0.2) is 0 Å². The highest BCUT2D eigenvalue weighted by Crippen LogP contribution is 2.47. The van der Waals surface area contributed by atoms with E-state index in [1.54, 1.807) is 0 Å². The van der Waals surface area contributed by atoms with E-state index in [1.165, 1.54) is 5.56 Å². The van der Waals surface area contributed by atoms with Crippen LogP contribution in [0.1, 0.15) is 23.8 Å². The summed E-state index contributed by atoms with van der Waals surface area (Å²) in [6.45, 7) is 0.261. The van der Waals surface area contributed by atoms with E-state index in [2.05, 4.69) is 27.6 Å². The van der Waals surface area contributed by atoms with Crippen LogP contribution in [0.25, 0.3) is 11.5 Å². The van der Waals surface area contributed by atoms with E-state index in [0.717, 1.165) is 12.0 Å². The third-order valence-electron chi connectivity index (χ3n) is 4.26. The molecule has 5 nitrogen and oxygen atoms in total. The molecule has 0 spiro atoms. The Labute approximate surface area is 139 Å². The standard InChI is InChI=1S/C19H17N3O2/c23-18(16-11-15(16)13-7-3-1-4-8-13)20-12-17-21-22-19(24-17)14-9-5-2-6-10-14/h1-10,15-16H,11-12H2,(H,20,23).